The lowest BCUT2D eigenvalue weighted by molar-refractivity contribution is -0.118. The highest BCUT2D eigenvalue weighted by Gasteiger charge is 2.22. The number of benzene rings is 2. The first-order chi connectivity index (χ1) is 15.8. The van der Waals surface area contributed by atoms with Crippen LogP contribution in [0.3, 0.4) is 0 Å². The molecule has 9 heteroatoms. The molecule has 2 aromatic carbocycles. The fraction of sp³-hybridized carbons (Fsp3) is 0.208. The molecule has 2 heterocycles. The summed E-state index contributed by atoms with van der Waals surface area (Å²) >= 11 is 7.48. The number of amides is 1. The van der Waals surface area contributed by atoms with Gasteiger partial charge in [0.2, 0.25) is 5.91 Å². The van der Waals surface area contributed by atoms with Gasteiger partial charge in [0.05, 0.1) is 27.4 Å². The number of aryl methyl sites for hydroxylation is 1. The van der Waals surface area contributed by atoms with E-state index in [2.05, 4.69) is 9.97 Å². The second-order valence-corrected chi connectivity index (χ2v) is 11.2. The molecule has 6 nitrogen and oxygen atoms in total. The van der Waals surface area contributed by atoms with E-state index in [0.717, 1.165) is 21.3 Å². The van der Waals surface area contributed by atoms with Gasteiger partial charge in [-0.25, -0.2) is 13.4 Å². The van der Waals surface area contributed by atoms with E-state index in [9.17, 15) is 13.2 Å². The second-order valence-electron chi connectivity index (χ2n) is 7.68. The molecule has 0 aliphatic rings. The summed E-state index contributed by atoms with van der Waals surface area (Å²) in [4.78, 5) is 23.7. The van der Waals surface area contributed by atoms with Crippen LogP contribution >= 0.6 is 22.9 Å². The summed E-state index contributed by atoms with van der Waals surface area (Å²) in [6.07, 6.45) is 3.65. The highest BCUT2D eigenvalue weighted by molar-refractivity contribution is 7.91. The zero-order valence-corrected chi connectivity index (χ0v) is 20.3. The SMILES string of the molecule is Cc1ccc(S(=O)(=O)CCCC(=O)N(Cc2ccncc2)c2nc3ccc(Cl)cc3s2)cc1. The molecule has 0 saturated carbocycles. The number of halogens is 1. The molecule has 4 rings (SSSR count). The maximum absolute atomic E-state index is 13.2. The van der Waals surface area contributed by atoms with E-state index >= 15 is 0 Å². The van der Waals surface area contributed by atoms with Crippen LogP contribution in [0.1, 0.15) is 24.0 Å². The van der Waals surface area contributed by atoms with Crippen LogP contribution < -0.4 is 4.90 Å². The van der Waals surface area contributed by atoms with Gasteiger partial charge in [0.15, 0.2) is 15.0 Å². The normalized spacial score (nSPS) is 11.6. The van der Waals surface area contributed by atoms with E-state index in [1.807, 2.05) is 31.2 Å². The van der Waals surface area contributed by atoms with E-state index in [-0.39, 0.29) is 29.4 Å². The maximum atomic E-state index is 13.2. The lowest BCUT2D eigenvalue weighted by atomic mass is 10.2. The number of fused-ring (bicyclic) bond motifs is 1. The fourth-order valence-electron chi connectivity index (χ4n) is 3.35. The highest BCUT2D eigenvalue weighted by Crippen LogP contribution is 2.32. The monoisotopic (exact) mass is 499 g/mol. The first kappa shape index (κ1) is 23.4. The predicted molar refractivity (Wildman–Crippen MR) is 133 cm³/mol. The quantitative estimate of drug-likeness (QED) is 0.322. The van der Waals surface area contributed by atoms with Crippen molar-refractivity contribution in [2.45, 2.75) is 31.2 Å². The molecular weight excluding hydrogens is 478 g/mol. The highest BCUT2D eigenvalue weighted by atomic mass is 35.5. The number of carbonyl (C=O) groups is 1. The average Bonchev–Trinajstić information content (AvgIpc) is 3.21. The van der Waals surface area contributed by atoms with Crippen molar-refractivity contribution < 1.29 is 13.2 Å². The minimum atomic E-state index is -3.45. The Morgan fingerprint density at radius 1 is 1.06 bits per heavy atom. The van der Waals surface area contributed by atoms with Crippen LogP contribution in [0.2, 0.25) is 5.02 Å². The molecular formula is C24H22ClN3O3S2. The van der Waals surface area contributed by atoms with Crippen LogP contribution in [0, 0.1) is 6.92 Å². The number of carbonyl (C=O) groups excluding carboxylic acids is 1. The molecule has 0 radical (unpaired) electrons. The summed E-state index contributed by atoms with van der Waals surface area (Å²) in [6, 6.07) is 15.8. The van der Waals surface area contributed by atoms with E-state index < -0.39 is 9.84 Å². The Labute approximate surface area is 201 Å². The molecule has 0 atom stereocenters. The van der Waals surface area contributed by atoms with E-state index in [0.29, 0.717) is 16.7 Å². The van der Waals surface area contributed by atoms with E-state index in [4.69, 9.17) is 11.6 Å². The summed E-state index contributed by atoms with van der Waals surface area (Å²) in [5.41, 5.74) is 2.66. The van der Waals surface area contributed by atoms with Crippen molar-refractivity contribution in [2.75, 3.05) is 10.7 Å². The van der Waals surface area contributed by atoms with Crippen molar-refractivity contribution in [3.63, 3.8) is 0 Å². The molecule has 4 aromatic rings. The molecule has 0 aliphatic heterocycles. The average molecular weight is 500 g/mol. The van der Waals surface area contributed by atoms with Gasteiger partial charge in [0.25, 0.3) is 0 Å². The minimum Gasteiger partial charge on any atom is -0.284 e. The zero-order valence-electron chi connectivity index (χ0n) is 17.9. The van der Waals surface area contributed by atoms with Crippen LogP contribution in [0.15, 0.2) is 71.9 Å². The number of anilines is 1. The summed E-state index contributed by atoms with van der Waals surface area (Å²) < 4.78 is 26.2. The summed E-state index contributed by atoms with van der Waals surface area (Å²) in [5.74, 6) is -0.281. The third-order valence-electron chi connectivity index (χ3n) is 5.15. The van der Waals surface area contributed by atoms with Crippen LogP contribution in [-0.4, -0.2) is 30.0 Å². The van der Waals surface area contributed by atoms with Gasteiger partial charge in [-0.2, -0.15) is 0 Å². The van der Waals surface area contributed by atoms with Crippen LogP contribution in [0.25, 0.3) is 10.2 Å². The van der Waals surface area contributed by atoms with Crippen LogP contribution in [0.5, 0.6) is 0 Å². The lowest BCUT2D eigenvalue weighted by Crippen LogP contribution is -2.30. The zero-order chi connectivity index (χ0) is 23.4. The molecule has 1 amide bonds. The molecule has 170 valence electrons. The number of aromatic nitrogens is 2. The largest absolute Gasteiger partial charge is 0.284 e. The number of nitrogens with zero attached hydrogens (tertiary/aromatic N) is 3. The Morgan fingerprint density at radius 3 is 2.52 bits per heavy atom. The number of sulfone groups is 1. The molecule has 0 N–H and O–H groups in total. The van der Waals surface area contributed by atoms with Crippen molar-refractivity contribution in [3.05, 3.63) is 83.1 Å². The predicted octanol–water partition coefficient (Wildman–Crippen LogP) is 5.44. The molecule has 0 spiro atoms. The number of thiazole rings is 1. The van der Waals surface area contributed by atoms with Crippen LogP contribution in [-0.2, 0) is 21.2 Å². The fourth-order valence-corrected chi connectivity index (χ4v) is 5.92. The Balaban J connectivity index is 1.52. The summed E-state index contributed by atoms with van der Waals surface area (Å²) in [5, 5.41) is 1.15. The first-order valence-electron chi connectivity index (χ1n) is 10.4. The van der Waals surface area contributed by atoms with Gasteiger partial charge in [0, 0.05) is 23.8 Å². The summed E-state index contributed by atoms with van der Waals surface area (Å²) in [7, 11) is -3.45. The third-order valence-corrected chi connectivity index (χ3v) is 8.24. The van der Waals surface area contributed by atoms with Crippen molar-refractivity contribution >= 4 is 54.0 Å². The first-order valence-corrected chi connectivity index (χ1v) is 13.2. The molecule has 0 unspecified atom stereocenters. The molecule has 0 fully saturated rings. The number of pyridine rings is 1. The minimum absolute atomic E-state index is 0.0901. The number of hydrogen-bond acceptors (Lipinski definition) is 6. The van der Waals surface area contributed by atoms with Gasteiger partial charge in [-0.3, -0.25) is 14.7 Å². The van der Waals surface area contributed by atoms with Crippen molar-refractivity contribution in [1.82, 2.24) is 9.97 Å². The van der Waals surface area contributed by atoms with E-state index in [1.165, 1.54) is 11.3 Å². The summed E-state index contributed by atoms with van der Waals surface area (Å²) in [6.45, 7) is 2.22. The van der Waals surface area contributed by atoms with Gasteiger partial charge >= 0.3 is 0 Å². The Kier molecular flexibility index (Phi) is 7.07. The lowest BCUT2D eigenvalue weighted by Gasteiger charge is -2.20. The molecule has 0 bridgehead atoms. The van der Waals surface area contributed by atoms with Gasteiger partial charge in [-0.15, -0.1) is 0 Å². The van der Waals surface area contributed by atoms with Crippen molar-refractivity contribution in [3.8, 4) is 0 Å². The number of rotatable bonds is 8. The third kappa shape index (κ3) is 5.76. The number of hydrogen-bond donors (Lipinski definition) is 0. The van der Waals surface area contributed by atoms with E-state index in [1.54, 1.807) is 47.6 Å². The second kappa shape index (κ2) is 9.99. The Bertz CT molecular complexity index is 1370. The van der Waals surface area contributed by atoms with Gasteiger partial charge in [-0.05, 0) is 61.4 Å². The topological polar surface area (TPSA) is 80.2 Å². The van der Waals surface area contributed by atoms with Gasteiger partial charge in [0.1, 0.15) is 0 Å². The van der Waals surface area contributed by atoms with Crippen molar-refractivity contribution in [2.24, 2.45) is 0 Å². The standard InChI is InChI=1S/C24H22ClN3O3S2/c1-17-4-7-20(8-5-17)33(30,31)14-2-3-23(29)28(16-18-10-12-26-13-11-18)24-27-21-9-6-19(25)15-22(21)32-24/h4-13,15H,2-3,14,16H2,1H3. The van der Waals surface area contributed by atoms with Gasteiger partial charge < -0.3 is 0 Å². The molecule has 0 aliphatic carbocycles. The van der Waals surface area contributed by atoms with Crippen LogP contribution in [0.4, 0.5) is 5.13 Å². The smallest absolute Gasteiger partial charge is 0.229 e. The molecule has 33 heavy (non-hydrogen) atoms. The van der Waals surface area contributed by atoms with Gasteiger partial charge in [-0.1, -0.05) is 40.6 Å². The Hall–Kier alpha value is -2.81. The van der Waals surface area contributed by atoms with Crippen molar-refractivity contribution in [1.29, 1.82) is 0 Å². The molecule has 2 aromatic heterocycles. The Morgan fingerprint density at radius 2 is 1.79 bits per heavy atom. The maximum Gasteiger partial charge on any atom is 0.229 e. The molecule has 0 saturated heterocycles.